The van der Waals surface area contributed by atoms with Gasteiger partial charge < -0.3 is 15.4 Å². The first-order chi connectivity index (χ1) is 9.97. The first-order valence-electron chi connectivity index (χ1n) is 6.07. The van der Waals surface area contributed by atoms with Crippen LogP contribution in [0.4, 0.5) is 14.9 Å². The van der Waals surface area contributed by atoms with Crippen molar-refractivity contribution >= 4 is 41.1 Å². The first-order valence-corrected chi connectivity index (χ1v) is 7.84. The number of hydrogen-bond donors (Lipinski definition) is 2. The Morgan fingerprint density at radius 3 is 2.76 bits per heavy atom. The third-order valence-corrected chi connectivity index (χ3v) is 3.51. The van der Waals surface area contributed by atoms with E-state index in [0.717, 1.165) is 6.07 Å². The number of ether oxygens (including phenoxy) is 1. The van der Waals surface area contributed by atoms with Crippen LogP contribution in [0.3, 0.4) is 0 Å². The highest BCUT2D eigenvalue weighted by atomic mass is 35.5. The number of thioether (sulfide) groups is 1. The molecule has 0 saturated heterocycles. The number of carbonyl (C=O) groups is 2. The summed E-state index contributed by atoms with van der Waals surface area (Å²) in [6, 6.07) is 2.47. The van der Waals surface area contributed by atoms with E-state index >= 15 is 0 Å². The van der Waals surface area contributed by atoms with Gasteiger partial charge in [0, 0.05) is 5.69 Å². The molecule has 2 amide bonds. The molecule has 0 spiro atoms. The Hall–Kier alpha value is -1.47. The number of urea groups is 1. The molecule has 116 valence electrons. The normalized spacial score (nSPS) is 11.6. The molecule has 21 heavy (non-hydrogen) atoms. The predicted molar refractivity (Wildman–Crippen MR) is 82.4 cm³/mol. The predicted octanol–water partition coefficient (Wildman–Crippen LogP) is 2.90. The lowest BCUT2D eigenvalue weighted by atomic mass is 10.2. The molecule has 0 aromatic heterocycles. The molecule has 0 heterocycles. The third-order valence-electron chi connectivity index (χ3n) is 2.58. The van der Waals surface area contributed by atoms with Gasteiger partial charge in [-0.1, -0.05) is 11.6 Å². The number of nitrogens with one attached hydrogen (secondary N) is 2. The van der Waals surface area contributed by atoms with Crippen molar-refractivity contribution in [3.05, 3.63) is 29.0 Å². The van der Waals surface area contributed by atoms with E-state index in [4.69, 9.17) is 11.6 Å². The number of methoxy groups -OCH3 is 1. The van der Waals surface area contributed by atoms with Gasteiger partial charge in [-0.25, -0.2) is 14.0 Å². The lowest BCUT2D eigenvalue weighted by Gasteiger charge is -2.16. The van der Waals surface area contributed by atoms with Crippen LogP contribution in [0, 0.1) is 5.82 Å². The number of hydrogen-bond acceptors (Lipinski definition) is 4. The van der Waals surface area contributed by atoms with Crippen molar-refractivity contribution in [3.8, 4) is 0 Å². The molecular formula is C13H16ClFN2O3S. The van der Waals surface area contributed by atoms with Gasteiger partial charge in [0.05, 0.1) is 12.1 Å². The average Bonchev–Trinajstić information content (AvgIpc) is 2.46. The van der Waals surface area contributed by atoms with E-state index in [1.54, 1.807) is 11.8 Å². The summed E-state index contributed by atoms with van der Waals surface area (Å²) in [6.45, 7) is 0. The number of benzene rings is 1. The molecule has 1 aromatic carbocycles. The molecule has 0 fully saturated rings. The highest BCUT2D eigenvalue weighted by Gasteiger charge is 2.21. The van der Waals surface area contributed by atoms with Crippen molar-refractivity contribution in [3.63, 3.8) is 0 Å². The van der Waals surface area contributed by atoms with E-state index in [2.05, 4.69) is 15.4 Å². The fourth-order valence-corrected chi connectivity index (χ4v) is 2.18. The van der Waals surface area contributed by atoms with Gasteiger partial charge in [0.1, 0.15) is 11.9 Å². The summed E-state index contributed by atoms with van der Waals surface area (Å²) in [5.41, 5.74) is 0.326. The molecule has 1 rings (SSSR count). The topological polar surface area (TPSA) is 67.4 Å². The molecule has 1 unspecified atom stereocenters. The van der Waals surface area contributed by atoms with Crippen molar-refractivity contribution in [2.75, 3.05) is 24.4 Å². The zero-order valence-corrected chi connectivity index (χ0v) is 13.2. The van der Waals surface area contributed by atoms with E-state index in [-0.39, 0.29) is 5.02 Å². The second kappa shape index (κ2) is 8.74. The van der Waals surface area contributed by atoms with Crippen molar-refractivity contribution in [1.29, 1.82) is 0 Å². The van der Waals surface area contributed by atoms with Crippen LogP contribution in [-0.4, -0.2) is 37.2 Å². The molecule has 0 aliphatic rings. The maximum absolute atomic E-state index is 13.0. The monoisotopic (exact) mass is 334 g/mol. The van der Waals surface area contributed by atoms with E-state index in [1.807, 2.05) is 6.26 Å². The molecule has 2 N–H and O–H groups in total. The lowest BCUT2D eigenvalue weighted by Crippen LogP contribution is -2.44. The average molecular weight is 335 g/mol. The highest BCUT2D eigenvalue weighted by Crippen LogP contribution is 2.19. The Labute approximate surface area is 131 Å². The molecule has 1 aromatic rings. The van der Waals surface area contributed by atoms with Crippen molar-refractivity contribution < 1.29 is 18.7 Å². The number of halogens is 2. The van der Waals surface area contributed by atoms with Gasteiger partial charge in [0.2, 0.25) is 0 Å². The fraction of sp³-hybridized carbons (Fsp3) is 0.385. The summed E-state index contributed by atoms with van der Waals surface area (Å²) in [7, 11) is 1.26. The van der Waals surface area contributed by atoms with Gasteiger partial charge in [0.25, 0.3) is 0 Å². The number of amides is 2. The van der Waals surface area contributed by atoms with Crippen LogP contribution in [-0.2, 0) is 9.53 Å². The second-order valence-corrected chi connectivity index (χ2v) is 5.48. The Morgan fingerprint density at radius 1 is 1.48 bits per heavy atom. The van der Waals surface area contributed by atoms with Gasteiger partial charge in [-0.15, -0.1) is 0 Å². The largest absolute Gasteiger partial charge is 0.467 e. The minimum absolute atomic E-state index is 0.0975. The van der Waals surface area contributed by atoms with Gasteiger partial charge in [-0.3, -0.25) is 0 Å². The molecule has 0 aliphatic carbocycles. The SMILES string of the molecule is COC(=O)C(CCSC)NC(=O)Nc1ccc(F)c(Cl)c1. The summed E-state index contributed by atoms with van der Waals surface area (Å²) in [6.07, 6.45) is 2.35. The van der Waals surface area contributed by atoms with E-state index in [1.165, 1.54) is 19.2 Å². The lowest BCUT2D eigenvalue weighted by molar-refractivity contribution is -0.142. The van der Waals surface area contributed by atoms with Gasteiger partial charge >= 0.3 is 12.0 Å². The van der Waals surface area contributed by atoms with Crippen molar-refractivity contribution in [2.45, 2.75) is 12.5 Å². The summed E-state index contributed by atoms with van der Waals surface area (Å²) >= 11 is 7.17. The Balaban J connectivity index is 2.64. The molecule has 0 aliphatic heterocycles. The Bertz CT molecular complexity index is 516. The molecule has 1 atom stereocenters. The zero-order chi connectivity index (χ0) is 15.8. The second-order valence-electron chi connectivity index (χ2n) is 4.08. The van der Waals surface area contributed by atoms with Crippen LogP contribution in [0.2, 0.25) is 5.02 Å². The van der Waals surface area contributed by atoms with Crippen LogP contribution >= 0.6 is 23.4 Å². The zero-order valence-electron chi connectivity index (χ0n) is 11.6. The van der Waals surface area contributed by atoms with Crippen LogP contribution in [0.25, 0.3) is 0 Å². The summed E-state index contributed by atoms with van der Waals surface area (Å²) in [5, 5.41) is 4.89. The van der Waals surface area contributed by atoms with Crippen molar-refractivity contribution in [1.82, 2.24) is 5.32 Å². The number of anilines is 1. The van der Waals surface area contributed by atoms with Gasteiger partial charge in [-0.2, -0.15) is 11.8 Å². The van der Waals surface area contributed by atoms with Crippen LogP contribution in [0.1, 0.15) is 6.42 Å². The third kappa shape index (κ3) is 5.81. The Morgan fingerprint density at radius 2 is 2.19 bits per heavy atom. The summed E-state index contributed by atoms with van der Waals surface area (Å²) < 4.78 is 17.6. The van der Waals surface area contributed by atoms with Gasteiger partial charge in [0.15, 0.2) is 0 Å². The smallest absolute Gasteiger partial charge is 0.328 e. The maximum atomic E-state index is 13.0. The minimum Gasteiger partial charge on any atom is -0.467 e. The number of carbonyl (C=O) groups excluding carboxylic acids is 2. The fourth-order valence-electron chi connectivity index (χ4n) is 1.53. The molecule has 8 heteroatoms. The van der Waals surface area contributed by atoms with Crippen LogP contribution in [0.5, 0.6) is 0 Å². The minimum atomic E-state index is -0.738. The number of rotatable bonds is 6. The van der Waals surface area contributed by atoms with E-state index in [0.29, 0.717) is 17.9 Å². The first kappa shape index (κ1) is 17.6. The van der Waals surface area contributed by atoms with Crippen LogP contribution in [0.15, 0.2) is 18.2 Å². The summed E-state index contributed by atoms with van der Waals surface area (Å²) in [4.78, 5) is 23.4. The molecule has 0 radical (unpaired) electrons. The van der Waals surface area contributed by atoms with Gasteiger partial charge in [-0.05, 0) is 36.6 Å². The maximum Gasteiger partial charge on any atom is 0.328 e. The standard InChI is InChI=1S/C13H16ClFN2O3S/c1-20-12(18)11(5-6-21-2)17-13(19)16-8-3-4-10(15)9(14)7-8/h3-4,7,11H,5-6H2,1-2H3,(H2,16,17,19). The van der Waals surface area contributed by atoms with E-state index in [9.17, 15) is 14.0 Å². The quantitative estimate of drug-likeness (QED) is 0.785. The Kier molecular flexibility index (Phi) is 7.31. The highest BCUT2D eigenvalue weighted by molar-refractivity contribution is 7.98. The summed E-state index contributed by atoms with van der Waals surface area (Å²) in [5.74, 6) is -0.394. The van der Waals surface area contributed by atoms with Crippen LogP contribution < -0.4 is 10.6 Å². The molecule has 0 saturated carbocycles. The number of esters is 1. The van der Waals surface area contributed by atoms with Crippen molar-refractivity contribution in [2.24, 2.45) is 0 Å². The molecule has 5 nitrogen and oxygen atoms in total. The molecule has 0 bridgehead atoms. The molecular weight excluding hydrogens is 319 g/mol. The van der Waals surface area contributed by atoms with E-state index < -0.39 is 23.9 Å².